The summed E-state index contributed by atoms with van der Waals surface area (Å²) in [6.07, 6.45) is 0. The Hall–Kier alpha value is -7.41. The summed E-state index contributed by atoms with van der Waals surface area (Å²) in [5.41, 5.74) is 10.8. The van der Waals surface area contributed by atoms with Crippen molar-refractivity contribution in [3.8, 4) is 56.4 Å². The number of thiophene rings is 1. The van der Waals surface area contributed by atoms with Gasteiger partial charge in [-0.05, 0) is 65.2 Å². The molecule has 12 aromatic rings. The summed E-state index contributed by atoms with van der Waals surface area (Å²) in [4.78, 5) is 14.9. The molecule has 0 atom stereocenters. The molecule has 12 rings (SSSR count). The maximum Gasteiger partial charge on any atom is 0.164 e. The summed E-state index contributed by atoms with van der Waals surface area (Å²) < 4.78 is 15.2. The van der Waals surface area contributed by atoms with Crippen LogP contribution in [0.25, 0.3) is 120 Å². The maximum absolute atomic E-state index is 6.60. The van der Waals surface area contributed by atoms with E-state index in [0.29, 0.717) is 17.5 Å². The van der Waals surface area contributed by atoms with Gasteiger partial charge in [0.2, 0.25) is 0 Å². The fourth-order valence-corrected chi connectivity index (χ4v) is 9.32. The lowest BCUT2D eigenvalue weighted by Crippen LogP contribution is -1.99. The van der Waals surface area contributed by atoms with Crippen LogP contribution in [0.5, 0.6) is 0 Å². The maximum atomic E-state index is 6.60. The second-order valence-corrected chi connectivity index (χ2v) is 15.5. The van der Waals surface area contributed by atoms with Crippen LogP contribution in [0.4, 0.5) is 0 Å². The number of hydrogen-bond acceptors (Lipinski definition) is 6. The quantitative estimate of drug-likeness (QED) is 0.175. The van der Waals surface area contributed by atoms with Crippen molar-refractivity contribution in [2.45, 2.75) is 0 Å². The molecule has 0 bridgehead atoms. The second kappa shape index (κ2) is 12.6. The smallest absolute Gasteiger partial charge is 0.164 e. The van der Waals surface area contributed by atoms with Crippen molar-refractivity contribution in [3.63, 3.8) is 0 Å². The van der Waals surface area contributed by atoms with E-state index in [1.54, 1.807) is 11.3 Å². The van der Waals surface area contributed by atoms with Crippen LogP contribution in [0.1, 0.15) is 0 Å². The molecule has 0 amide bonds. The Balaban J connectivity index is 0.995. The van der Waals surface area contributed by atoms with Gasteiger partial charge in [-0.25, -0.2) is 15.0 Å². The van der Waals surface area contributed by atoms with E-state index in [0.717, 1.165) is 82.8 Å². The topological polar surface area (TPSA) is 65.0 Å². The van der Waals surface area contributed by atoms with Crippen molar-refractivity contribution in [1.29, 1.82) is 0 Å². The lowest BCUT2D eigenvalue weighted by molar-refractivity contribution is 0.668. The molecule has 0 aliphatic rings. The van der Waals surface area contributed by atoms with Crippen LogP contribution in [-0.4, -0.2) is 15.0 Å². The lowest BCUT2D eigenvalue weighted by Gasteiger charge is -2.09. The number of nitrogens with zero attached hydrogens (tertiary/aromatic N) is 3. The van der Waals surface area contributed by atoms with E-state index in [2.05, 4.69) is 91.0 Å². The van der Waals surface area contributed by atoms with Gasteiger partial charge >= 0.3 is 0 Å². The Morgan fingerprint density at radius 3 is 1.51 bits per heavy atom. The highest BCUT2D eigenvalue weighted by Gasteiger charge is 2.18. The average molecular weight is 748 g/mol. The first-order chi connectivity index (χ1) is 28.2. The molecule has 0 saturated carbocycles. The zero-order valence-electron chi connectivity index (χ0n) is 30.3. The molecule has 0 saturated heterocycles. The van der Waals surface area contributed by atoms with E-state index in [4.69, 9.17) is 23.8 Å². The minimum atomic E-state index is 0.650. The van der Waals surface area contributed by atoms with Crippen molar-refractivity contribution in [2.75, 3.05) is 0 Å². The Bertz CT molecular complexity index is 3470. The molecule has 8 aromatic carbocycles. The zero-order valence-corrected chi connectivity index (χ0v) is 31.1. The fraction of sp³-hybridized carbons (Fsp3) is 0. The molecule has 0 spiro atoms. The van der Waals surface area contributed by atoms with Crippen LogP contribution >= 0.6 is 11.3 Å². The zero-order chi connectivity index (χ0) is 37.5. The van der Waals surface area contributed by atoms with Crippen molar-refractivity contribution < 1.29 is 8.83 Å². The van der Waals surface area contributed by atoms with Crippen molar-refractivity contribution in [2.24, 2.45) is 0 Å². The molecule has 57 heavy (non-hydrogen) atoms. The molecule has 0 fully saturated rings. The Labute approximate surface area is 330 Å². The number of rotatable bonds is 5. The van der Waals surface area contributed by atoms with Crippen LogP contribution in [0.2, 0.25) is 0 Å². The van der Waals surface area contributed by atoms with Crippen LogP contribution in [-0.2, 0) is 0 Å². The summed E-state index contributed by atoms with van der Waals surface area (Å²) in [6, 6.07) is 61.1. The Morgan fingerprint density at radius 1 is 0.316 bits per heavy atom. The molecule has 4 heterocycles. The Kier molecular flexibility index (Phi) is 7.03. The lowest BCUT2D eigenvalue weighted by atomic mass is 9.94. The summed E-state index contributed by atoms with van der Waals surface area (Å²) in [6.45, 7) is 0. The summed E-state index contributed by atoms with van der Waals surface area (Å²) >= 11 is 1.79. The third kappa shape index (κ3) is 5.26. The van der Waals surface area contributed by atoms with Gasteiger partial charge in [-0.3, -0.25) is 0 Å². The molecule has 0 aliphatic carbocycles. The second-order valence-electron chi connectivity index (χ2n) is 14.4. The van der Waals surface area contributed by atoms with Gasteiger partial charge < -0.3 is 8.83 Å². The normalized spacial score (nSPS) is 11.9. The van der Waals surface area contributed by atoms with Crippen LogP contribution in [0.3, 0.4) is 0 Å². The first kappa shape index (κ1) is 31.9. The molecule has 4 aromatic heterocycles. The van der Waals surface area contributed by atoms with E-state index in [-0.39, 0.29) is 0 Å². The number of aromatic nitrogens is 3. The molecule has 266 valence electrons. The number of hydrogen-bond donors (Lipinski definition) is 0. The molecule has 0 N–H and O–H groups in total. The molecule has 6 heteroatoms. The summed E-state index contributed by atoms with van der Waals surface area (Å²) in [5, 5.41) is 6.83. The predicted octanol–water partition coefficient (Wildman–Crippen LogP) is 14.4. The van der Waals surface area contributed by atoms with Gasteiger partial charge in [-0.15, -0.1) is 11.3 Å². The highest BCUT2D eigenvalue weighted by molar-refractivity contribution is 7.25. The predicted molar refractivity (Wildman–Crippen MR) is 234 cm³/mol. The average Bonchev–Trinajstić information content (AvgIpc) is 3.97. The molecular weight excluding hydrogens is 719 g/mol. The monoisotopic (exact) mass is 747 g/mol. The van der Waals surface area contributed by atoms with Crippen LogP contribution in [0.15, 0.2) is 185 Å². The van der Waals surface area contributed by atoms with Gasteiger partial charge in [-0.2, -0.15) is 0 Å². The van der Waals surface area contributed by atoms with E-state index in [1.807, 2.05) is 84.9 Å². The minimum Gasteiger partial charge on any atom is -0.456 e. The SMILES string of the molecule is c1ccc(-c2nc(-c3ccccc3)nc(-c3ccc4c(c3)sc3cc(-c5cc(-c6ccc7oc8ccccc8c7c6)c6oc7ccccc7c6c5)ccc34)n2)cc1. The number of fused-ring (bicyclic) bond motifs is 9. The molecule has 0 radical (unpaired) electrons. The Morgan fingerprint density at radius 2 is 0.825 bits per heavy atom. The van der Waals surface area contributed by atoms with E-state index in [9.17, 15) is 0 Å². The van der Waals surface area contributed by atoms with Crippen LogP contribution in [0, 0.1) is 0 Å². The first-order valence-electron chi connectivity index (χ1n) is 18.9. The van der Waals surface area contributed by atoms with E-state index >= 15 is 0 Å². The first-order valence-corrected chi connectivity index (χ1v) is 19.7. The number of furan rings is 2. The standard InChI is InChI=1S/C51H29N3O2S/c1-3-11-30(12-4-1)49-52-50(31-13-5-2-6-14-31)54-51(53-49)34-20-23-39-38-22-19-32(28-46(38)57-47(39)29-34)35-26-40(48-42(27-35)37-16-8-10-18-44(37)56-48)33-21-24-45-41(25-33)36-15-7-9-17-43(36)55-45/h1-29H. The number of para-hydroxylation sites is 2. The summed E-state index contributed by atoms with van der Waals surface area (Å²) in [5.74, 6) is 1.96. The van der Waals surface area contributed by atoms with E-state index < -0.39 is 0 Å². The minimum absolute atomic E-state index is 0.650. The molecule has 0 aliphatic heterocycles. The third-order valence-electron chi connectivity index (χ3n) is 10.9. The van der Waals surface area contributed by atoms with Gasteiger partial charge in [-0.1, -0.05) is 127 Å². The van der Waals surface area contributed by atoms with Gasteiger partial charge in [0, 0.05) is 64.0 Å². The number of benzene rings is 8. The van der Waals surface area contributed by atoms with Gasteiger partial charge in [0.25, 0.3) is 0 Å². The largest absolute Gasteiger partial charge is 0.456 e. The molecule has 0 unspecified atom stereocenters. The van der Waals surface area contributed by atoms with Crippen LogP contribution < -0.4 is 0 Å². The van der Waals surface area contributed by atoms with Gasteiger partial charge in [0.1, 0.15) is 22.3 Å². The van der Waals surface area contributed by atoms with Gasteiger partial charge in [0.15, 0.2) is 17.5 Å². The van der Waals surface area contributed by atoms with Crippen molar-refractivity contribution >= 4 is 75.4 Å². The highest BCUT2D eigenvalue weighted by Crippen LogP contribution is 2.43. The highest BCUT2D eigenvalue weighted by atomic mass is 32.1. The molecule has 5 nitrogen and oxygen atoms in total. The van der Waals surface area contributed by atoms with Crippen molar-refractivity contribution in [3.05, 3.63) is 176 Å². The third-order valence-corrected chi connectivity index (χ3v) is 12.0. The van der Waals surface area contributed by atoms with Gasteiger partial charge in [0.05, 0.1) is 0 Å². The fourth-order valence-electron chi connectivity index (χ4n) is 8.14. The summed E-state index contributed by atoms with van der Waals surface area (Å²) in [7, 11) is 0. The van der Waals surface area contributed by atoms with Crippen molar-refractivity contribution in [1.82, 2.24) is 15.0 Å². The van der Waals surface area contributed by atoms with E-state index in [1.165, 1.54) is 20.2 Å². The molecular formula is C51H29N3O2S.